The summed E-state index contributed by atoms with van der Waals surface area (Å²) >= 11 is 0. The first-order chi connectivity index (χ1) is 13.9. The number of pyridine rings is 2. The van der Waals surface area contributed by atoms with Gasteiger partial charge in [-0.3, -0.25) is 4.98 Å². The Morgan fingerprint density at radius 1 is 1.13 bits per heavy atom. The van der Waals surface area contributed by atoms with Crippen LogP contribution in [0.3, 0.4) is 0 Å². The van der Waals surface area contributed by atoms with E-state index in [1.807, 2.05) is 13.8 Å². The van der Waals surface area contributed by atoms with Crippen LogP contribution in [0, 0.1) is 5.41 Å². The fourth-order valence-electron chi connectivity index (χ4n) is 3.66. The summed E-state index contributed by atoms with van der Waals surface area (Å²) in [6.45, 7) is 3.93. The van der Waals surface area contributed by atoms with Crippen LogP contribution < -0.4 is 5.14 Å². The van der Waals surface area contributed by atoms with Gasteiger partial charge in [-0.05, 0) is 23.1 Å². The number of sulfonamides is 1. The van der Waals surface area contributed by atoms with Gasteiger partial charge in [-0.25, -0.2) is 18.5 Å². The van der Waals surface area contributed by atoms with E-state index in [0.29, 0.717) is 0 Å². The lowest BCUT2D eigenvalue weighted by atomic mass is 10.1. The lowest BCUT2D eigenvalue weighted by Gasteiger charge is -2.05. The summed E-state index contributed by atoms with van der Waals surface area (Å²) in [6, 6.07) is 3.85. The lowest BCUT2D eigenvalue weighted by molar-refractivity contribution is -0.137. The van der Waals surface area contributed by atoms with Crippen LogP contribution in [0.2, 0.25) is 0 Å². The Kier molecular flexibility index (Phi) is 4.47. The summed E-state index contributed by atoms with van der Waals surface area (Å²) < 4.78 is 66.8. The van der Waals surface area contributed by atoms with Crippen molar-refractivity contribution in [3.05, 3.63) is 53.8 Å². The molecule has 0 amide bonds. The molecule has 0 aromatic carbocycles. The Morgan fingerprint density at radius 3 is 2.47 bits per heavy atom. The molecule has 2 atom stereocenters. The van der Waals surface area contributed by atoms with Crippen LogP contribution in [0.5, 0.6) is 0 Å². The summed E-state index contributed by atoms with van der Waals surface area (Å²) in [5, 5.41) is 8.64. The molecule has 0 bridgehead atoms. The lowest BCUT2D eigenvalue weighted by Crippen LogP contribution is -2.13. The summed E-state index contributed by atoms with van der Waals surface area (Å²) in [5.41, 5.74) is -0.357. The van der Waals surface area contributed by atoms with E-state index in [1.165, 1.54) is 18.5 Å². The van der Waals surface area contributed by atoms with Gasteiger partial charge >= 0.3 is 6.18 Å². The average molecular weight is 439 g/mol. The maximum Gasteiger partial charge on any atom is 0.417 e. The highest BCUT2D eigenvalue weighted by Crippen LogP contribution is 2.69. The fraction of sp³-hybridized carbons (Fsp3) is 0.333. The number of nitrogens with two attached hydrogens (primary N) is 1. The number of nitrogens with zero attached hydrogens (tertiary/aromatic N) is 4. The molecule has 0 radical (unpaired) electrons. The minimum atomic E-state index is -4.53. The molecule has 8 nitrogen and oxygen atoms in total. The highest BCUT2D eigenvalue weighted by atomic mass is 32.2. The van der Waals surface area contributed by atoms with Crippen LogP contribution in [0.25, 0.3) is 11.4 Å². The van der Waals surface area contributed by atoms with Crippen molar-refractivity contribution in [2.75, 3.05) is 0 Å². The number of aromatic nitrogens is 4. The fourth-order valence-corrected chi connectivity index (χ4v) is 4.12. The molecule has 2 N–H and O–H groups in total. The number of alkyl halides is 3. The zero-order valence-corrected chi connectivity index (χ0v) is 16.6. The molecule has 1 aliphatic rings. The molecule has 0 unspecified atom stereocenters. The van der Waals surface area contributed by atoms with Gasteiger partial charge in [-0.2, -0.15) is 18.2 Å². The molecule has 3 heterocycles. The van der Waals surface area contributed by atoms with Crippen molar-refractivity contribution in [1.82, 2.24) is 20.1 Å². The molecule has 12 heteroatoms. The van der Waals surface area contributed by atoms with Crippen LogP contribution in [0.15, 0.2) is 46.3 Å². The highest BCUT2D eigenvalue weighted by molar-refractivity contribution is 7.89. The molecule has 30 heavy (non-hydrogen) atoms. The third-order valence-corrected chi connectivity index (χ3v) is 6.09. The smallest absolute Gasteiger partial charge is 0.339 e. The van der Waals surface area contributed by atoms with Gasteiger partial charge < -0.3 is 4.52 Å². The minimum Gasteiger partial charge on any atom is -0.339 e. The van der Waals surface area contributed by atoms with E-state index in [0.717, 1.165) is 17.8 Å². The average Bonchev–Trinajstić information content (AvgIpc) is 3.01. The van der Waals surface area contributed by atoms with Gasteiger partial charge in [0.2, 0.25) is 11.7 Å². The Hall–Kier alpha value is -2.86. The number of rotatable bonds is 4. The van der Waals surface area contributed by atoms with Crippen molar-refractivity contribution in [3.8, 4) is 11.4 Å². The van der Waals surface area contributed by atoms with E-state index < -0.39 is 21.8 Å². The summed E-state index contributed by atoms with van der Waals surface area (Å²) in [5.74, 6) is -0.0206. The number of hydrogen-bond acceptors (Lipinski definition) is 7. The van der Waals surface area contributed by atoms with Crippen molar-refractivity contribution in [1.29, 1.82) is 0 Å². The van der Waals surface area contributed by atoms with Gasteiger partial charge in [0.05, 0.1) is 11.5 Å². The van der Waals surface area contributed by atoms with Crippen molar-refractivity contribution in [2.24, 2.45) is 10.6 Å². The van der Waals surface area contributed by atoms with Crippen LogP contribution in [0.1, 0.15) is 42.7 Å². The second kappa shape index (κ2) is 6.57. The van der Waals surface area contributed by atoms with Crippen molar-refractivity contribution < 1.29 is 26.1 Å². The van der Waals surface area contributed by atoms with Crippen LogP contribution in [0.4, 0.5) is 13.2 Å². The quantitative estimate of drug-likeness (QED) is 0.662. The predicted octanol–water partition coefficient (Wildman–Crippen LogP) is 3.10. The number of halogens is 3. The van der Waals surface area contributed by atoms with Crippen molar-refractivity contribution in [3.63, 3.8) is 0 Å². The molecule has 4 rings (SSSR count). The Balaban J connectivity index is 1.61. The molecule has 1 saturated carbocycles. The third-order valence-electron chi connectivity index (χ3n) is 5.27. The van der Waals surface area contributed by atoms with Gasteiger partial charge in [0.15, 0.2) is 5.03 Å². The van der Waals surface area contributed by atoms with E-state index in [2.05, 4.69) is 20.1 Å². The van der Waals surface area contributed by atoms with Gasteiger partial charge in [0.25, 0.3) is 10.0 Å². The highest BCUT2D eigenvalue weighted by Gasteiger charge is 2.62. The number of hydrogen-bond donors (Lipinski definition) is 1. The predicted molar refractivity (Wildman–Crippen MR) is 97.4 cm³/mol. The molecule has 1 aliphatic carbocycles. The third kappa shape index (κ3) is 3.56. The first-order valence-corrected chi connectivity index (χ1v) is 10.3. The molecular weight excluding hydrogens is 423 g/mol. The Labute approximate surface area is 169 Å². The minimum absolute atomic E-state index is 0.00717. The van der Waals surface area contributed by atoms with Gasteiger partial charge in [-0.1, -0.05) is 25.1 Å². The Bertz CT molecular complexity index is 1210. The van der Waals surface area contributed by atoms with Gasteiger partial charge in [-0.15, -0.1) is 0 Å². The SMILES string of the molecule is CC1(C)[C@@H](c2ccc(S(N)(=O)=O)nc2)[C@@H]1c1nc(-c2cncc(C(F)(F)F)c2)no1. The van der Waals surface area contributed by atoms with Crippen LogP contribution in [-0.2, 0) is 16.2 Å². The zero-order valence-electron chi connectivity index (χ0n) is 15.8. The largest absolute Gasteiger partial charge is 0.417 e. The normalized spacial score (nSPS) is 20.9. The van der Waals surface area contributed by atoms with E-state index in [9.17, 15) is 21.6 Å². The second-order valence-corrected chi connectivity index (χ2v) is 9.18. The maximum atomic E-state index is 12.9. The van der Waals surface area contributed by atoms with Crippen molar-refractivity contribution in [2.45, 2.75) is 36.9 Å². The Morgan fingerprint density at radius 2 is 1.87 bits per heavy atom. The molecule has 0 aliphatic heterocycles. The van der Waals surface area contributed by atoms with Crippen molar-refractivity contribution >= 4 is 10.0 Å². The first-order valence-electron chi connectivity index (χ1n) is 8.74. The van der Waals surface area contributed by atoms with Crippen LogP contribution >= 0.6 is 0 Å². The van der Waals surface area contributed by atoms with E-state index >= 15 is 0 Å². The molecule has 3 aromatic rings. The molecule has 158 valence electrons. The molecule has 0 spiro atoms. The first kappa shape index (κ1) is 20.4. The summed E-state index contributed by atoms with van der Waals surface area (Å²) in [7, 11) is -3.90. The zero-order chi connectivity index (χ0) is 21.9. The maximum absolute atomic E-state index is 12.9. The van der Waals surface area contributed by atoms with E-state index in [-0.39, 0.29) is 39.6 Å². The van der Waals surface area contributed by atoms with E-state index in [4.69, 9.17) is 9.66 Å². The molecule has 3 aromatic heterocycles. The van der Waals surface area contributed by atoms with Crippen LogP contribution in [-0.4, -0.2) is 28.5 Å². The molecule has 1 fully saturated rings. The summed E-state index contributed by atoms with van der Waals surface area (Å²) in [6.07, 6.45) is -1.15. The molecular formula is C18H16F3N5O3S. The monoisotopic (exact) mass is 439 g/mol. The van der Waals surface area contributed by atoms with Gasteiger partial charge in [0, 0.05) is 30.1 Å². The summed E-state index contributed by atoms with van der Waals surface area (Å²) in [4.78, 5) is 11.8. The standard InChI is InChI=1S/C18H16F3N5O3S/c1-17(2)13(9-3-4-12(24-7-9)30(22,27)28)14(17)16-25-15(26-29-16)10-5-11(8-23-6-10)18(19,20)21/h3-8,13-14H,1-2H3,(H2,22,27,28)/t13-,14+/m0/s1. The molecule has 0 saturated heterocycles. The van der Waals surface area contributed by atoms with Gasteiger partial charge in [0.1, 0.15) is 0 Å². The second-order valence-electron chi connectivity index (χ2n) is 7.67. The topological polar surface area (TPSA) is 125 Å². The van der Waals surface area contributed by atoms with E-state index in [1.54, 1.807) is 6.07 Å². The number of primary sulfonamides is 1.